The maximum atomic E-state index is 12.1. The van der Waals surface area contributed by atoms with Crippen molar-refractivity contribution in [3.05, 3.63) is 59.0 Å². The Bertz CT molecular complexity index is 775. The molecular formula is C14H9ClN4OS. The van der Waals surface area contributed by atoms with Crippen LogP contribution in [0.5, 0.6) is 0 Å². The van der Waals surface area contributed by atoms with Crippen LogP contribution in [-0.2, 0) is 0 Å². The average Bonchev–Trinajstić information content (AvgIpc) is 2.98. The number of hydrogen-bond acceptors (Lipinski definition) is 5. The molecule has 0 bridgehead atoms. The molecule has 0 aliphatic heterocycles. The Morgan fingerprint density at radius 2 is 2.19 bits per heavy atom. The summed E-state index contributed by atoms with van der Waals surface area (Å²) < 4.78 is 0. The van der Waals surface area contributed by atoms with Crippen molar-refractivity contribution in [2.24, 2.45) is 0 Å². The van der Waals surface area contributed by atoms with Crippen LogP contribution in [0.4, 0.5) is 5.69 Å². The van der Waals surface area contributed by atoms with E-state index in [1.54, 1.807) is 48.2 Å². The lowest BCUT2D eigenvalue weighted by atomic mass is 10.3. The maximum absolute atomic E-state index is 12.1. The molecule has 21 heavy (non-hydrogen) atoms. The van der Waals surface area contributed by atoms with E-state index in [4.69, 9.17) is 11.6 Å². The molecule has 0 atom stereocenters. The quantitative estimate of drug-likeness (QED) is 0.803. The van der Waals surface area contributed by atoms with Gasteiger partial charge in [0.05, 0.1) is 6.20 Å². The lowest BCUT2D eigenvalue weighted by molar-refractivity contribution is 0.102. The lowest BCUT2D eigenvalue weighted by Gasteiger charge is -2.03. The van der Waals surface area contributed by atoms with Gasteiger partial charge in [0.1, 0.15) is 16.4 Å². The summed E-state index contributed by atoms with van der Waals surface area (Å²) in [6.07, 6.45) is 4.78. The molecule has 0 aliphatic carbocycles. The SMILES string of the molecule is O=C(Nc1cccc(Cl)c1)c1csc(-c2cnccn2)n1. The second-order valence-corrected chi connectivity index (χ2v) is 5.39. The molecule has 0 saturated heterocycles. The van der Waals surface area contributed by atoms with Crippen LogP contribution < -0.4 is 5.32 Å². The van der Waals surface area contributed by atoms with Crippen molar-refractivity contribution in [2.45, 2.75) is 0 Å². The highest BCUT2D eigenvalue weighted by Crippen LogP contribution is 2.22. The Balaban J connectivity index is 1.78. The number of carbonyl (C=O) groups excluding carboxylic acids is 1. The maximum Gasteiger partial charge on any atom is 0.275 e. The van der Waals surface area contributed by atoms with E-state index in [9.17, 15) is 4.79 Å². The van der Waals surface area contributed by atoms with Crippen molar-refractivity contribution in [3.8, 4) is 10.7 Å². The van der Waals surface area contributed by atoms with Crippen LogP contribution in [0.2, 0.25) is 5.02 Å². The standard InChI is InChI=1S/C14H9ClN4OS/c15-9-2-1-3-10(6-9)18-13(20)12-8-21-14(19-12)11-7-16-4-5-17-11/h1-8H,(H,18,20). The number of nitrogens with zero attached hydrogens (tertiary/aromatic N) is 3. The molecule has 5 nitrogen and oxygen atoms in total. The van der Waals surface area contributed by atoms with Crippen LogP contribution in [0, 0.1) is 0 Å². The smallest absolute Gasteiger partial charge is 0.275 e. The monoisotopic (exact) mass is 316 g/mol. The summed E-state index contributed by atoms with van der Waals surface area (Å²) in [4.78, 5) is 24.5. The van der Waals surface area contributed by atoms with E-state index in [-0.39, 0.29) is 5.91 Å². The van der Waals surface area contributed by atoms with E-state index in [1.165, 1.54) is 11.3 Å². The highest BCUT2D eigenvalue weighted by molar-refractivity contribution is 7.13. The van der Waals surface area contributed by atoms with Gasteiger partial charge in [-0.25, -0.2) is 4.98 Å². The van der Waals surface area contributed by atoms with Crippen molar-refractivity contribution in [1.82, 2.24) is 15.0 Å². The van der Waals surface area contributed by atoms with Crippen LogP contribution >= 0.6 is 22.9 Å². The van der Waals surface area contributed by atoms with Gasteiger partial charge in [-0.3, -0.25) is 14.8 Å². The minimum atomic E-state index is -0.288. The first-order valence-corrected chi connectivity index (χ1v) is 7.27. The Morgan fingerprint density at radius 1 is 1.29 bits per heavy atom. The number of carbonyl (C=O) groups is 1. The highest BCUT2D eigenvalue weighted by atomic mass is 35.5. The summed E-state index contributed by atoms with van der Waals surface area (Å²) in [5, 5.41) is 5.65. The normalized spacial score (nSPS) is 10.3. The largest absolute Gasteiger partial charge is 0.321 e. The second kappa shape index (κ2) is 5.99. The molecular weight excluding hydrogens is 308 g/mol. The first-order valence-electron chi connectivity index (χ1n) is 6.01. The molecule has 0 saturated carbocycles. The fourth-order valence-electron chi connectivity index (χ4n) is 1.67. The Morgan fingerprint density at radius 3 is 2.95 bits per heavy atom. The van der Waals surface area contributed by atoms with Crippen LogP contribution in [0.15, 0.2) is 48.2 Å². The number of halogens is 1. The van der Waals surface area contributed by atoms with Gasteiger partial charge in [-0.1, -0.05) is 17.7 Å². The minimum absolute atomic E-state index is 0.288. The number of aromatic nitrogens is 3. The summed E-state index contributed by atoms with van der Waals surface area (Å²) in [5.41, 5.74) is 1.60. The third-order valence-corrected chi connectivity index (χ3v) is 3.70. The van der Waals surface area contributed by atoms with Crippen LogP contribution in [0.1, 0.15) is 10.5 Å². The molecule has 104 valence electrons. The molecule has 3 aromatic rings. The van der Waals surface area contributed by atoms with Gasteiger partial charge in [0.2, 0.25) is 0 Å². The zero-order valence-electron chi connectivity index (χ0n) is 10.7. The molecule has 0 fully saturated rings. The predicted octanol–water partition coefficient (Wildman–Crippen LogP) is 3.51. The van der Waals surface area contributed by atoms with Crippen molar-refractivity contribution in [1.29, 1.82) is 0 Å². The highest BCUT2D eigenvalue weighted by Gasteiger charge is 2.12. The van der Waals surface area contributed by atoms with Gasteiger partial charge < -0.3 is 5.32 Å². The second-order valence-electron chi connectivity index (χ2n) is 4.09. The molecule has 1 amide bonds. The van der Waals surface area contributed by atoms with Gasteiger partial charge in [-0.05, 0) is 18.2 Å². The van der Waals surface area contributed by atoms with E-state index in [1.807, 2.05) is 0 Å². The van der Waals surface area contributed by atoms with E-state index in [2.05, 4.69) is 20.3 Å². The van der Waals surface area contributed by atoms with Crippen molar-refractivity contribution >= 4 is 34.5 Å². The first kappa shape index (κ1) is 13.7. The van der Waals surface area contributed by atoms with E-state index < -0.39 is 0 Å². The van der Waals surface area contributed by atoms with Gasteiger partial charge >= 0.3 is 0 Å². The number of nitrogens with one attached hydrogen (secondary N) is 1. The molecule has 0 spiro atoms. The molecule has 2 heterocycles. The molecule has 0 radical (unpaired) electrons. The van der Waals surface area contributed by atoms with E-state index in [0.717, 1.165) is 0 Å². The van der Waals surface area contributed by atoms with Gasteiger partial charge in [-0.15, -0.1) is 11.3 Å². The third kappa shape index (κ3) is 3.24. The van der Waals surface area contributed by atoms with Crippen LogP contribution in [-0.4, -0.2) is 20.9 Å². The molecule has 7 heteroatoms. The van der Waals surface area contributed by atoms with Gasteiger partial charge in [0.25, 0.3) is 5.91 Å². The topological polar surface area (TPSA) is 67.8 Å². The Hall–Kier alpha value is -2.31. The van der Waals surface area contributed by atoms with Gasteiger partial charge in [-0.2, -0.15) is 0 Å². The molecule has 0 unspecified atom stereocenters. The van der Waals surface area contributed by atoms with E-state index >= 15 is 0 Å². The summed E-state index contributed by atoms with van der Waals surface area (Å²) in [5.74, 6) is -0.288. The van der Waals surface area contributed by atoms with Crippen LogP contribution in [0.25, 0.3) is 10.7 Å². The third-order valence-electron chi connectivity index (χ3n) is 2.60. The molecule has 3 rings (SSSR count). The van der Waals surface area contributed by atoms with Gasteiger partial charge in [0, 0.05) is 28.5 Å². The summed E-state index contributed by atoms with van der Waals surface area (Å²) >= 11 is 7.22. The summed E-state index contributed by atoms with van der Waals surface area (Å²) in [7, 11) is 0. The summed E-state index contributed by atoms with van der Waals surface area (Å²) in [6.45, 7) is 0. The zero-order chi connectivity index (χ0) is 14.7. The van der Waals surface area contributed by atoms with Crippen molar-refractivity contribution < 1.29 is 4.79 Å². The minimum Gasteiger partial charge on any atom is -0.321 e. The summed E-state index contributed by atoms with van der Waals surface area (Å²) in [6, 6.07) is 6.95. The number of amides is 1. The number of anilines is 1. The Labute approximate surface area is 129 Å². The fourth-order valence-corrected chi connectivity index (χ4v) is 2.62. The van der Waals surface area contributed by atoms with Crippen LogP contribution in [0.3, 0.4) is 0 Å². The fraction of sp³-hybridized carbons (Fsp3) is 0. The first-order chi connectivity index (χ1) is 10.2. The lowest BCUT2D eigenvalue weighted by Crippen LogP contribution is -2.12. The van der Waals surface area contributed by atoms with Crippen molar-refractivity contribution in [3.63, 3.8) is 0 Å². The van der Waals surface area contributed by atoms with E-state index in [0.29, 0.717) is 27.1 Å². The predicted molar refractivity (Wildman–Crippen MR) is 82.5 cm³/mol. The molecule has 0 aliphatic rings. The van der Waals surface area contributed by atoms with Crippen molar-refractivity contribution in [2.75, 3.05) is 5.32 Å². The number of thiazole rings is 1. The number of hydrogen-bond donors (Lipinski definition) is 1. The Kier molecular flexibility index (Phi) is 3.89. The molecule has 2 aromatic heterocycles. The molecule has 1 N–H and O–H groups in total. The molecule has 1 aromatic carbocycles. The zero-order valence-corrected chi connectivity index (χ0v) is 12.2. The number of rotatable bonds is 3. The van der Waals surface area contributed by atoms with Gasteiger partial charge in [0.15, 0.2) is 0 Å². The number of benzene rings is 1. The average molecular weight is 317 g/mol.